The van der Waals surface area contributed by atoms with E-state index in [1.54, 1.807) is 46.8 Å². The minimum atomic E-state index is -1.13. The molecule has 1 fully saturated rings. The van der Waals surface area contributed by atoms with Crippen LogP contribution in [0.15, 0.2) is 36.8 Å². The monoisotopic (exact) mass is 691 g/mol. The molecule has 14 nitrogen and oxygen atoms in total. The van der Waals surface area contributed by atoms with E-state index in [2.05, 4.69) is 31.2 Å². The van der Waals surface area contributed by atoms with Gasteiger partial charge in [0.2, 0.25) is 17.7 Å². The molecule has 0 spiro atoms. The van der Waals surface area contributed by atoms with Crippen molar-refractivity contribution in [2.45, 2.75) is 77.7 Å². The average Bonchev–Trinajstić information content (AvgIpc) is 3.46. The molecule has 5 amide bonds. The van der Waals surface area contributed by atoms with Gasteiger partial charge in [0.05, 0.1) is 34.5 Å². The number of aldehydes is 1. The molecule has 2 heterocycles. The van der Waals surface area contributed by atoms with Crippen LogP contribution in [0.3, 0.4) is 0 Å². The number of rotatable bonds is 13. The lowest BCUT2D eigenvalue weighted by Gasteiger charge is -2.32. The fourth-order valence-corrected chi connectivity index (χ4v) is 5.23. The predicted molar refractivity (Wildman–Crippen MR) is 174 cm³/mol. The van der Waals surface area contributed by atoms with Crippen molar-refractivity contribution >= 4 is 64.9 Å². The molecule has 47 heavy (non-hydrogen) atoms. The number of likely N-dealkylation sites (tertiary alicyclic amines) is 1. The van der Waals surface area contributed by atoms with Gasteiger partial charge < -0.3 is 30.4 Å². The predicted octanol–water partition coefficient (Wildman–Crippen LogP) is 2.99. The first-order valence-electron chi connectivity index (χ1n) is 15.1. The molecule has 1 saturated heterocycles. The molecule has 4 N–H and O–H groups in total. The Morgan fingerprint density at radius 2 is 1.72 bits per heavy atom. The summed E-state index contributed by atoms with van der Waals surface area (Å²) >= 11 is 12.2. The first-order chi connectivity index (χ1) is 22.3. The van der Waals surface area contributed by atoms with Gasteiger partial charge in [-0.05, 0) is 30.4 Å². The lowest BCUT2D eigenvalue weighted by atomic mass is 9.98. The number of carbonyl (C=O) groups excluding carboxylic acids is 6. The van der Waals surface area contributed by atoms with Crippen molar-refractivity contribution in [2.75, 3.05) is 11.9 Å². The minimum Gasteiger partial charge on any atom is -0.444 e. The van der Waals surface area contributed by atoms with Gasteiger partial charge in [0.25, 0.3) is 5.91 Å². The number of benzene rings is 1. The highest BCUT2D eigenvalue weighted by atomic mass is 35.5. The number of amides is 5. The van der Waals surface area contributed by atoms with Crippen molar-refractivity contribution in [3.63, 3.8) is 0 Å². The standard InChI is InChI=1S/C31H39Cl2N7O7/c1-6-18(15-41)36-28(43)23-12-19(47-31(46)37-21-9-7-8-20(32)24(21)33)14-40(23)30(45)26(17(4)5)39-29(44)25(16(2)3)38-27(42)22-13-34-10-11-35-22/h7-11,13,15-19,23,25-26H,6,12,14H2,1-5H3,(H,36,43)(H,37,46)(H,38,42)(H,39,44)/t18-,19+,23-,25-,26-/m0/s1. The van der Waals surface area contributed by atoms with E-state index in [1.165, 1.54) is 29.6 Å². The first kappa shape index (κ1) is 37.2. The number of nitrogens with zero attached hydrogens (tertiary/aromatic N) is 3. The maximum absolute atomic E-state index is 14.1. The third kappa shape index (κ3) is 9.85. The van der Waals surface area contributed by atoms with Gasteiger partial charge in [-0.1, -0.05) is 63.9 Å². The van der Waals surface area contributed by atoms with Crippen LogP contribution in [0.25, 0.3) is 0 Å². The van der Waals surface area contributed by atoms with Crippen molar-refractivity contribution < 1.29 is 33.5 Å². The van der Waals surface area contributed by atoms with Gasteiger partial charge in [0, 0.05) is 18.8 Å². The van der Waals surface area contributed by atoms with Gasteiger partial charge in [-0.3, -0.25) is 29.5 Å². The molecule has 0 bridgehead atoms. The number of hydrogen-bond acceptors (Lipinski definition) is 9. The Balaban J connectivity index is 1.81. The van der Waals surface area contributed by atoms with E-state index in [0.717, 1.165) is 0 Å². The molecule has 0 unspecified atom stereocenters. The topological polar surface area (TPSA) is 189 Å². The quantitative estimate of drug-likeness (QED) is 0.229. The van der Waals surface area contributed by atoms with Gasteiger partial charge >= 0.3 is 6.09 Å². The lowest BCUT2D eigenvalue weighted by molar-refractivity contribution is -0.143. The summed E-state index contributed by atoms with van der Waals surface area (Å²) in [6, 6.07) is 0.578. The van der Waals surface area contributed by atoms with Crippen LogP contribution >= 0.6 is 23.2 Å². The van der Waals surface area contributed by atoms with Crippen molar-refractivity contribution in [1.29, 1.82) is 0 Å². The van der Waals surface area contributed by atoms with Gasteiger partial charge in [0.15, 0.2) is 0 Å². The second-order valence-electron chi connectivity index (χ2n) is 11.7. The summed E-state index contributed by atoms with van der Waals surface area (Å²) in [6.45, 7) is 8.43. The molecular weight excluding hydrogens is 653 g/mol. The zero-order valence-electron chi connectivity index (χ0n) is 26.7. The molecule has 1 aliphatic heterocycles. The van der Waals surface area contributed by atoms with Crippen molar-refractivity contribution in [2.24, 2.45) is 11.8 Å². The molecule has 0 aliphatic carbocycles. The molecule has 1 aromatic heterocycles. The maximum atomic E-state index is 14.1. The highest BCUT2D eigenvalue weighted by molar-refractivity contribution is 6.43. The van der Waals surface area contributed by atoms with Crippen LogP contribution in [-0.4, -0.2) is 87.7 Å². The molecule has 5 atom stereocenters. The SMILES string of the molecule is CC[C@@H](C=O)NC(=O)[C@@H]1C[C@@H](OC(=O)Nc2cccc(Cl)c2Cl)CN1C(=O)[C@@H](NC(=O)[C@@H](NC(=O)c1cnccn1)C(C)C)C(C)C. The van der Waals surface area contributed by atoms with Crippen molar-refractivity contribution in [3.8, 4) is 0 Å². The molecule has 254 valence electrons. The second kappa shape index (κ2) is 17.0. The van der Waals surface area contributed by atoms with Crippen LogP contribution in [0.2, 0.25) is 10.0 Å². The third-order valence-electron chi connectivity index (χ3n) is 7.50. The van der Waals surface area contributed by atoms with E-state index in [1.807, 2.05) is 0 Å². The Labute approximate surface area is 282 Å². The Kier molecular flexibility index (Phi) is 13.5. The number of halogens is 2. The summed E-state index contributed by atoms with van der Waals surface area (Å²) in [5, 5.41) is 10.8. The van der Waals surface area contributed by atoms with Gasteiger partial charge in [-0.2, -0.15) is 0 Å². The third-order valence-corrected chi connectivity index (χ3v) is 8.32. The summed E-state index contributed by atoms with van der Waals surface area (Å²) in [5.41, 5.74) is 0.219. The fraction of sp³-hybridized carbons (Fsp3) is 0.484. The van der Waals surface area contributed by atoms with E-state index >= 15 is 0 Å². The van der Waals surface area contributed by atoms with E-state index in [9.17, 15) is 28.8 Å². The van der Waals surface area contributed by atoms with Crippen LogP contribution in [0.5, 0.6) is 0 Å². The van der Waals surface area contributed by atoms with E-state index < -0.39 is 65.9 Å². The summed E-state index contributed by atoms with van der Waals surface area (Å²) < 4.78 is 5.56. The number of aromatic nitrogens is 2. The van der Waals surface area contributed by atoms with Crippen LogP contribution < -0.4 is 21.3 Å². The Morgan fingerprint density at radius 1 is 1.02 bits per heavy atom. The Bertz CT molecular complexity index is 1460. The Hall–Kier alpha value is -4.30. The molecule has 1 aromatic carbocycles. The zero-order chi connectivity index (χ0) is 34.8. The van der Waals surface area contributed by atoms with E-state index in [0.29, 0.717) is 12.7 Å². The van der Waals surface area contributed by atoms with Gasteiger partial charge in [0.1, 0.15) is 36.2 Å². The van der Waals surface area contributed by atoms with Crippen LogP contribution in [0.4, 0.5) is 10.5 Å². The Morgan fingerprint density at radius 3 is 2.32 bits per heavy atom. The number of ether oxygens (including phenoxy) is 1. The molecular formula is C31H39Cl2N7O7. The van der Waals surface area contributed by atoms with E-state index in [-0.39, 0.29) is 40.3 Å². The number of anilines is 1. The lowest BCUT2D eigenvalue weighted by Crippen LogP contribution is -2.59. The minimum absolute atomic E-state index is 0.0155. The summed E-state index contributed by atoms with van der Waals surface area (Å²) in [5.74, 6) is -3.30. The van der Waals surface area contributed by atoms with Crippen LogP contribution in [0, 0.1) is 11.8 Å². The van der Waals surface area contributed by atoms with Crippen LogP contribution in [-0.2, 0) is 23.9 Å². The summed E-state index contributed by atoms with van der Waals surface area (Å²) in [4.78, 5) is 87.0. The maximum Gasteiger partial charge on any atom is 0.412 e. The molecule has 0 radical (unpaired) electrons. The number of nitrogens with one attached hydrogen (secondary N) is 4. The normalized spacial score (nSPS) is 17.8. The average molecular weight is 693 g/mol. The largest absolute Gasteiger partial charge is 0.444 e. The van der Waals surface area contributed by atoms with Gasteiger partial charge in [-0.25, -0.2) is 9.78 Å². The van der Waals surface area contributed by atoms with Crippen LogP contribution in [0.1, 0.15) is 57.9 Å². The van der Waals surface area contributed by atoms with Crippen molar-refractivity contribution in [1.82, 2.24) is 30.8 Å². The summed E-state index contributed by atoms with van der Waals surface area (Å²) in [6.07, 6.45) is 3.03. The molecule has 2 aromatic rings. The highest BCUT2D eigenvalue weighted by Crippen LogP contribution is 2.30. The van der Waals surface area contributed by atoms with E-state index in [4.69, 9.17) is 27.9 Å². The molecule has 3 rings (SSSR count). The number of carbonyl (C=O) groups is 6. The highest BCUT2D eigenvalue weighted by Gasteiger charge is 2.45. The zero-order valence-corrected chi connectivity index (χ0v) is 28.2. The van der Waals surface area contributed by atoms with Gasteiger partial charge in [-0.15, -0.1) is 0 Å². The molecule has 16 heteroatoms. The smallest absolute Gasteiger partial charge is 0.412 e. The number of hydrogen-bond donors (Lipinski definition) is 4. The first-order valence-corrected chi connectivity index (χ1v) is 15.9. The second-order valence-corrected chi connectivity index (χ2v) is 12.5. The molecule has 0 saturated carbocycles. The van der Waals surface area contributed by atoms with Crippen molar-refractivity contribution in [3.05, 3.63) is 52.5 Å². The molecule has 1 aliphatic rings. The summed E-state index contributed by atoms with van der Waals surface area (Å²) in [7, 11) is 0. The fourth-order valence-electron chi connectivity index (χ4n) is 4.88.